The molecule has 0 spiro atoms. The van der Waals surface area contributed by atoms with E-state index in [1.165, 1.54) is 5.56 Å². The molecule has 3 aromatic rings. The van der Waals surface area contributed by atoms with Crippen molar-refractivity contribution in [2.45, 2.75) is 6.54 Å². The molecule has 1 aromatic heterocycles. The molecule has 1 heterocycles. The molecule has 0 unspecified atom stereocenters. The summed E-state index contributed by atoms with van der Waals surface area (Å²) >= 11 is 11.4. The number of nitrogens with zero attached hydrogens (tertiary/aromatic N) is 1. The Morgan fingerprint density at radius 1 is 1.21 bits per heavy atom. The normalized spacial score (nSPS) is 10.8. The van der Waals surface area contributed by atoms with Crippen LogP contribution in [0.2, 0.25) is 5.02 Å². The van der Waals surface area contributed by atoms with Crippen LogP contribution >= 0.6 is 38.9 Å². The second-order valence-electron chi connectivity index (χ2n) is 4.07. The van der Waals surface area contributed by atoms with Crippen LogP contribution in [0.4, 0.5) is 5.69 Å². The Hall–Kier alpha value is -1.10. The largest absolute Gasteiger partial charge is 0.378 e. The minimum absolute atomic E-state index is 0.699. The van der Waals surface area contributed by atoms with Crippen molar-refractivity contribution in [3.8, 4) is 0 Å². The van der Waals surface area contributed by atoms with Gasteiger partial charge in [0.05, 0.1) is 20.9 Å². The molecule has 0 atom stereocenters. The topological polar surface area (TPSA) is 24.9 Å². The minimum atomic E-state index is 0.699. The van der Waals surface area contributed by atoms with E-state index in [9.17, 15) is 0 Å². The van der Waals surface area contributed by atoms with Crippen LogP contribution in [0.3, 0.4) is 0 Å². The fourth-order valence-corrected chi connectivity index (χ4v) is 3.23. The van der Waals surface area contributed by atoms with Crippen molar-refractivity contribution in [3.05, 3.63) is 57.0 Å². The van der Waals surface area contributed by atoms with E-state index >= 15 is 0 Å². The van der Waals surface area contributed by atoms with Crippen molar-refractivity contribution in [2.75, 3.05) is 5.32 Å². The van der Waals surface area contributed by atoms with Crippen LogP contribution in [0.5, 0.6) is 0 Å². The predicted octanol–water partition coefficient (Wildman–Crippen LogP) is 5.32. The maximum absolute atomic E-state index is 6.26. The zero-order valence-electron chi connectivity index (χ0n) is 9.86. The Labute approximate surface area is 128 Å². The van der Waals surface area contributed by atoms with Gasteiger partial charge in [-0.1, -0.05) is 45.7 Å². The van der Waals surface area contributed by atoms with Crippen molar-refractivity contribution < 1.29 is 0 Å². The molecule has 1 N–H and O–H groups in total. The molecular formula is C14H10BrClN2S. The molecule has 0 saturated carbocycles. The maximum atomic E-state index is 6.26. The highest BCUT2D eigenvalue weighted by molar-refractivity contribution is 9.10. The van der Waals surface area contributed by atoms with Gasteiger partial charge in [-0.2, -0.15) is 0 Å². The molecule has 2 aromatic carbocycles. The van der Waals surface area contributed by atoms with Gasteiger partial charge in [-0.3, -0.25) is 0 Å². The highest BCUT2D eigenvalue weighted by atomic mass is 79.9. The van der Waals surface area contributed by atoms with Gasteiger partial charge in [-0.15, -0.1) is 11.3 Å². The number of fused-ring (bicyclic) bond motifs is 1. The summed E-state index contributed by atoms with van der Waals surface area (Å²) in [5.41, 5.74) is 4.86. The average molecular weight is 354 g/mol. The van der Waals surface area contributed by atoms with Crippen LogP contribution < -0.4 is 5.32 Å². The number of hydrogen-bond donors (Lipinski definition) is 1. The molecular weight excluding hydrogens is 344 g/mol. The van der Waals surface area contributed by atoms with Gasteiger partial charge in [0.15, 0.2) is 0 Å². The first-order valence-electron chi connectivity index (χ1n) is 5.74. The second kappa shape index (κ2) is 5.49. The third-order valence-electron chi connectivity index (χ3n) is 2.86. The van der Waals surface area contributed by atoms with E-state index in [2.05, 4.69) is 32.3 Å². The van der Waals surface area contributed by atoms with Crippen LogP contribution in [0.1, 0.15) is 5.56 Å². The molecule has 0 aliphatic heterocycles. The lowest BCUT2D eigenvalue weighted by molar-refractivity contribution is 1.14. The van der Waals surface area contributed by atoms with Crippen molar-refractivity contribution in [1.29, 1.82) is 0 Å². The summed E-state index contributed by atoms with van der Waals surface area (Å²) in [7, 11) is 0. The number of nitrogens with one attached hydrogen (secondary N) is 1. The molecule has 0 fully saturated rings. The molecule has 2 nitrogen and oxygen atoms in total. The second-order valence-corrected chi connectivity index (χ2v) is 6.21. The lowest BCUT2D eigenvalue weighted by Gasteiger charge is -2.10. The molecule has 5 heteroatoms. The molecule has 0 bridgehead atoms. The summed E-state index contributed by atoms with van der Waals surface area (Å²) in [6.45, 7) is 0.706. The quantitative estimate of drug-likeness (QED) is 0.689. The predicted molar refractivity (Wildman–Crippen MR) is 86.1 cm³/mol. The van der Waals surface area contributed by atoms with Crippen LogP contribution in [-0.4, -0.2) is 4.98 Å². The Morgan fingerprint density at radius 3 is 2.89 bits per heavy atom. The molecule has 0 aliphatic carbocycles. The number of benzene rings is 2. The van der Waals surface area contributed by atoms with Gasteiger partial charge in [0.1, 0.15) is 5.52 Å². The smallest absolute Gasteiger partial charge is 0.106 e. The summed E-state index contributed by atoms with van der Waals surface area (Å²) < 4.78 is 2.23. The summed E-state index contributed by atoms with van der Waals surface area (Å²) in [5, 5.41) is 4.08. The van der Waals surface area contributed by atoms with Gasteiger partial charge < -0.3 is 5.32 Å². The SMILES string of the molecule is Clc1ccc2scnc2c1NCc1ccccc1Br. The molecule has 0 radical (unpaired) electrons. The number of aromatic nitrogens is 1. The fourth-order valence-electron chi connectivity index (χ4n) is 1.90. The first-order chi connectivity index (χ1) is 9.25. The monoisotopic (exact) mass is 352 g/mol. The Balaban J connectivity index is 1.92. The van der Waals surface area contributed by atoms with E-state index in [0.717, 1.165) is 20.4 Å². The third kappa shape index (κ3) is 2.61. The minimum Gasteiger partial charge on any atom is -0.378 e. The summed E-state index contributed by atoms with van der Waals surface area (Å²) in [6, 6.07) is 12.0. The first kappa shape index (κ1) is 12.9. The van der Waals surface area contributed by atoms with E-state index in [-0.39, 0.29) is 0 Å². The molecule has 0 aliphatic rings. The molecule has 0 amide bonds. The zero-order valence-corrected chi connectivity index (χ0v) is 13.0. The highest BCUT2D eigenvalue weighted by Crippen LogP contribution is 2.32. The summed E-state index contributed by atoms with van der Waals surface area (Å²) in [5.74, 6) is 0. The number of halogens is 2. The molecule has 96 valence electrons. The Bertz CT molecular complexity index is 726. The van der Waals surface area contributed by atoms with Crippen molar-refractivity contribution >= 4 is 54.8 Å². The van der Waals surface area contributed by atoms with Gasteiger partial charge in [0.2, 0.25) is 0 Å². The van der Waals surface area contributed by atoms with Gasteiger partial charge in [-0.05, 0) is 23.8 Å². The van der Waals surface area contributed by atoms with Crippen molar-refractivity contribution in [2.24, 2.45) is 0 Å². The van der Waals surface area contributed by atoms with E-state index in [1.54, 1.807) is 11.3 Å². The Morgan fingerprint density at radius 2 is 2.05 bits per heavy atom. The van der Waals surface area contributed by atoms with Crippen molar-refractivity contribution in [1.82, 2.24) is 4.98 Å². The van der Waals surface area contributed by atoms with Crippen molar-refractivity contribution in [3.63, 3.8) is 0 Å². The first-order valence-corrected chi connectivity index (χ1v) is 7.80. The number of rotatable bonds is 3. The number of hydrogen-bond acceptors (Lipinski definition) is 3. The zero-order chi connectivity index (χ0) is 13.2. The van der Waals surface area contributed by atoms with Gasteiger partial charge >= 0.3 is 0 Å². The lowest BCUT2D eigenvalue weighted by Crippen LogP contribution is -2.01. The van der Waals surface area contributed by atoms with Gasteiger partial charge in [-0.25, -0.2) is 4.98 Å². The third-order valence-corrected chi connectivity index (χ3v) is 4.75. The lowest BCUT2D eigenvalue weighted by atomic mass is 10.2. The average Bonchev–Trinajstić information content (AvgIpc) is 2.88. The van der Waals surface area contributed by atoms with Gasteiger partial charge in [0, 0.05) is 11.0 Å². The molecule has 19 heavy (non-hydrogen) atoms. The summed E-state index contributed by atoms with van der Waals surface area (Å²) in [4.78, 5) is 4.37. The summed E-state index contributed by atoms with van der Waals surface area (Å²) in [6.07, 6.45) is 0. The molecule has 3 rings (SSSR count). The highest BCUT2D eigenvalue weighted by Gasteiger charge is 2.09. The maximum Gasteiger partial charge on any atom is 0.106 e. The van der Waals surface area contributed by atoms with Crippen LogP contribution in [0.15, 0.2) is 46.4 Å². The van der Waals surface area contributed by atoms with E-state index in [0.29, 0.717) is 11.6 Å². The fraction of sp³-hybridized carbons (Fsp3) is 0.0714. The Kier molecular flexibility index (Phi) is 3.73. The van der Waals surface area contributed by atoms with Crippen LogP contribution in [0.25, 0.3) is 10.2 Å². The van der Waals surface area contributed by atoms with Gasteiger partial charge in [0.25, 0.3) is 0 Å². The molecule has 0 saturated heterocycles. The number of anilines is 1. The van der Waals surface area contributed by atoms with Crippen LogP contribution in [-0.2, 0) is 6.54 Å². The van der Waals surface area contributed by atoms with Crippen LogP contribution in [0, 0.1) is 0 Å². The van der Waals surface area contributed by atoms with E-state index < -0.39 is 0 Å². The standard InChI is InChI=1S/C14H10BrClN2S/c15-10-4-2-1-3-9(10)7-17-13-11(16)5-6-12-14(13)18-8-19-12/h1-6,8,17H,7H2. The van der Waals surface area contributed by atoms with E-state index in [4.69, 9.17) is 11.6 Å². The van der Waals surface area contributed by atoms with E-state index in [1.807, 2.05) is 35.8 Å². The number of thiazole rings is 1.